The SMILES string of the molecule is C=N/C(N)=C(\N=C(C)c1cncc(NS(C)(=O)=O)c1)C(=O)N[C@@H](C)c1cc2cccc(C#Cc3cnn(C)c3C)c2c(=O)n1-c1ccccc1. The fraction of sp³-hybridized carbons (Fsp3) is 0.167. The number of nitrogens with one attached hydrogen (secondary N) is 2. The van der Waals surface area contributed by atoms with E-state index in [-0.39, 0.29) is 22.8 Å². The van der Waals surface area contributed by atoms with Crippen LogP contribution in [0.5, 0.6) is 0 Å². The molecule has 0 bridgehead atoms. The molecule has 3 heterocycles. The molecule has 0 aliphatic carbocycles. The van der Waals surface area contributed by atoms with Crippen molar-refractivity contribution in [1.82, 2.24) is 24.6 Å². The number of carbonyl (C=O) groups is 1. The highest BCUT2D eigenvalue weighted by atomic mass is 32.2. The zero-order chi connectivity index (χ0) is 36.2. The van der Waals surface area contributed by atoms with Crippen LogP contribution in [0.2, 0.25) is 0 Å². The maximum absolute atomic E-state index is 14.4. The zero-order valence-electron chi connectivity index (χ0n) is 28.1. The molecule has 14 heteroatoms. The van der Waals surface area contributed by atoms with Gasteiger partial charge in [0.15, 0.2) is 11.5 Å². The molecule has 50 heavy (non-hydrogen) atoms. The number of para-hydroxylation sites is 1. The summed E-state index contributed by atoms with van der Waals surface area (Å²) in [5, 5.41) is 8.22. The van der Waals surface area contributed by atoms with Crippen molar-refractivity contribution >= 4 is 44.8 Å². The second-order valence-corrected chi connectivity index (χ2v) is 13.2. The highest BCUT2D eigenvalue weighted by Crippen LogP contribution is 2.24. The molecule has 0 aliphatic rings. The summed E-state index contributed by atoms with van der Waals surface area (Å²) < 4.78 is 29.1. The first-order valence-corrected chi connectivity index (χ1v) is 17.2. The van der Waals surface area contributed by atoms with Crippen molar-refractivity contribution in [3.8, 4) is 17.5 Å². The van der Waals surface area contributed by atoms with Crippen molar-refractivity contribution in [2.45, 2.75) is 26.8 Å². The lowest BCUT2D eigenvalue weighted by Crippen LogP contribution is -2.33. The molecule has 0 saturated heterocycles. The van der Waals surface area contributed by atoms with Gasteiger partial charge in [0.2, 0.25) is 10.0 Å². The third-order valence-electron chi connectivity index (χ3n) is 7.81. The number of fused-ring (bicyclic) bond motifs is 1. The molecule has 0 saturated carbocycles. The number of aromatic nitrogens is 4. The Hall–Kier alpha value is -6.33. The van der Waals surface area contributed by atoms with E-state index in [9.17, 15) is 18.0 Å². The highest BCUT2D eigenvalue weighted by molar-refractivity contribution is 7.92. The van der Waals surface area contributed by atoms with Crippen LogP contribution >= 0.6 is 0 Å². The Morgan fingerprint density at radius 2 is 1.76 bits per heavy atom. The number of hydrogen-bond donors (Lipinski definition) is 3. The summed E-state index contributed by atoms with van der Waals surface area (Å²) in [4.78, 5) is 40.4. The van der Waals surface area contributed by atoms with Crippen molar-refractivity contribution in [3.63, 3.8) is 0 Å². The summed E-state index contributed by atoms with van der Waals surface area (Å²) in [6.07, 6.45) is 5.52. The number of aliphatic imine (C=N–C) groups is 2. The normalized spacial score (nSPS) is 12.8. The van der Waals surface area contributed by atoms with Gasteiger partial charge in [-0.2, -0.15) is 5.10 Å². The van der Waals surface area contributed by atoms with Crippen LogP contribution in [-0.2, 0) is 21.9 Å². The van der Waals surface area contributed by atoms with E-state index in [0.29, 0.717) is 39.0 Å². The van der Waals surface area contributed by atoms with Crippen molar-refractivity contribution in [2.75, 3.05) is 11.0 Å². The van der Waals surface area contributed by atoms with E-state index in [4.69, 9.17) is 5.73 Å². The summed E-state index contributed by atoms with van der Waals surface area (Å²) >= 11 is 0. The molecule has 0 unspecified atom stereocenters. The minimum Gasteiger partial charge on any atom is -0.382 e. The number of hydrogen-bond acceptors (Lipinski definition) is 9. The Bertz CT molecular complexity index is 2430. The molecule has 3 aromatic heterocycles. The number of rotatable bonds is 9. The number of carbonyl (C=O) groups excluding carboxylic acids is 1. The molecular formula is C36H35N9O4S. The van der Waals surface area contributed by atoms with E-state index in [0.717, 1.165) is 17.5 Å². The minimum absolute atomic E-state index is 0.217. The molecule has 5 rings (SSSR count). The first kappa shape index (κ1) is 35.0. The number of nitrogens with zero attached hydrogens (tertiary/aromatic N) is 6. The van der Waals surface area contributed by atoms with Crippen LogP contribution in [-0.4, -0.2) is 52.3 Å². The van der Waals surface area contributed by atoms with Crippen molar-refractivity contribution in [2.24, 2.45) is 22.8 Å². The number of anilines is 1. The Labute approximate surface area is 289 Å². The average Bonchev–Trinajstić information content (AvgIpc) is 3.41. The van der Waals surface area contributed by atoms with Crippen LogP contribution in [0.15, 0.2) is 106 Å². The van der Waals surface area contributed by atoms with Gasteiger partial charge >= 0.3 is 0 Å². The molecule has 1 atom stereocenters. The maximum atomic E-state index is 14.4. The first-order valence-electron chi connectivity index (χ1n) is 15.3. The Morgan fingerprint density at radius 3 is 2.42 bits per heavy atom. The van der Waals surface area contributed by atoms with E-state index in [1.165, 1.54) is 18.5 Å². The molecule has 0 radical (unpaired) electrons. The lowest BCUT2D eigenvalue weighted by molar-refractivity contribution is -0.118. The van der Waals surface area contributed by atoms with Gasteiger partial charge in [0.1, 0.15) is 0 Å². The number of amides is 1. The minimum atomic E-state index is -3.55. The topological polar surface area (TPSA) is 179 Å². The summed E-state index contributed by atoms with van der Waals surface area (Å²) in [5.41, 5.74) is 9.79. The van der Waals surface area contributed by atoms with Gasteiger partial charge in [-0.3, -0.25) is 28.5 Å². The molecule has 254 valence electrons. The van der Waals surface area contributed by atoms with Crippen LogP contribution < -0.4 is 21.3 Å². The van der Waals surface area contributed by atoms with Crippen LogP contribution in [0.4, 0.5) is 5.69 Å². The number of sulfonamides is 1. The predicted molar refractivity (Wildman–Crippen MR) is 196 cm³/mol. The Morgan fingerprint density at radius 1 is 1.04 bits per heavy atom. The Balaban J connectivity index is 1.56. The zero-order valence-corrected chi connectivity index (χ0v) is 28.9. The third-order valence-corrected chi connectivity index (χ3v) is 8.42. The summed E-state index contributed by atoms with van der Waals surface area (Å²) in [6.45, 7) is 8.72. The number of pyridine rings is 2. The van der Waals surface area contributed by atoms with Gasteiger partial charge in [-0.1, -0.05) is 42.2 Å². The van der Waals surface area contributed by atoms with E-state index >= 15 is 0 Å². The van der Waals surface area contributed by atoms with Gasteiger partial charge in [-0.05, 0) is 63.2 Å². The molecule has 2 aromatic carbocycles. The van der Waals surface area contributed by atoms with Gasteiger partial charge < -0.3 is 11.1 Å². The molecule has 0 aliphatic heterocycles. The molecule has 5 aromatic rings. The second-order valence-electron chi connectivity index (χ2n) is 11.5. The summed E-state index contributed by atoms with van der Waals surface area (Å²) in [6, 6.07) is 17.2. The van der Waals surface area contributed by atoms with Crippen molar-refractivity contribution in [1.29, 1.82) is 0 Å². The summed E-state index contributed by atoms with van der Waals surface area (Å²) in [5.74, 6) is 5.39. The second kappa shape index (κ2) is 14.4. The predicted octanol–water partition coefficient (Wildman–Crippen LogP) is 3.71. The fourth-order valence-electron chi connectivity index (χ4n) is 5.18. The van der Waals surface area contributed by atoms with E-state index in [1.54, 1.807) is 47.5 Å². The standard InChI is InChI=1S/C36H35N9O4S/c1-22(28-17-29(21-39-19-28)43-50(6,48)49)41-33(34(37)38-4)35(46)42-23(2)31-18-26-12-10-11-25(15-16-27-20-40-44(5)24(27)3)32(26)36(47)45(31)30-13-8-7-9-14-30/h7-14,17-21,23,43H,4,37H2,1-3,5-6H3,(H,42,46)/b34-33-,41-22?/t23-/m0/s1. The van der Waals surface area contributed by atoms with E-state index < -0.39 is 22.0 Å². The number of aryl methyl sites for hydroxylation is 1. The van der Waals surface area contributed by atoms with Gasteiger partial charge in [0.05, 0.1) is 47.0 Å². The third kappa shape index (κ3) is 7.69. The van der Waals surface area contributed by atoms with Crippen LogP contribution in [0, 0.1) is 18.8 Å². The molecule has 4 N–H and O–H groups in total. The molecular weight excluding hydrogens is 655 g/mol. The van der Waals surface area contributed by atoms with Gasteiger partial charge in [-0.15, -0.1) is 0 Å². The van der Waals surface area contributed by atoms with Crippen molar-refractivity contribution < 1.29 is 13.2 Å². The molecule has 0 spiro atoms. The number of benzene rings is 2. The fourth-order valence-corrected chi connectivity index (χ4v) is 5.72. The van der Waals surface area contributed by atoms with Crippen LogP contribution in [0.1, 0.15) is 48.0 Å². The smallest absolute Gasteiger partial charge is 0.274 e. The quantitative estimate of drug-likeness (QED) is 0.120. The van der Waals surface area contributed by atoms with E-state index in [2.05, 4.69) is 48.7 Å². The van der Waals surface area contributed by atoms with Crippen LogP contribution in [0.25, 0.3) is 16.5 Å². The lowest BCUT2D eigenvalue weighted by Gasteiger charge is -2.21. The van der Waals surface area contributed by atoms with Gasteiger partial charge in [0.25, 0.3) is 11.5 Å². The largest absolute Gasteiger partial charge is 0.382 e. The van der Waals surface area contributed by atoms with E-state index in [1.807, 2.05) is 50.4 Å². The molecule has 0 fully saturated rings. The average molecular weight is 690 g/mol. The monoisotopic (exact) mass is 689 g/mol. The lowest BCUT2D eigenvalue weighted by atomic mass is 10.0. The maximum Gasteiger partial charge on any atom is 0.274 e. The van der Waals surface area contributed by atoms with Crippen molar-refractivity contribution in [3.05, 3.63) is 129 Å². The highest BCUT2D eigenvalue weighted by Gasteiger charge is 2.22. The number of nitrogens with two attached hydrogens (primary N) is 1. The van der Waals surface area contributed by atoms with Gasteiger partial charge in [-0.25, -0.2) is 18.4 Å². The summed E-state index contributed by atoms with van der Waals surface area (Å²) in [7, 11) is -1.71. The Kier molecular flexibility index (Phi) is 10.1. The molecule has 13 nitrogen and oxygen atoms in total. The first-order chi connectivity index (χ1) is 23.8. The van der Waals surface area contributed by atoms with Gasteiger partial charge in [0, 0.05) is 41.5 Å². The van der Waals surface area contributed by atoms with Crippen LogP contribution in [0.3, 0.4) is 0 Å². The molecule has 1 amide bonds.